The third-order valence-corrected chi connectivity index (χ3v) is 7.18. The predicted octanol–water partition coefficient (Wildman–Crippen LogP) is 8.67. The minimum Gasteiger partial charge on any atom is -0.493 e. The van der Waals surface area contributed by atoms with Crippen LogP contribution >= 0.6 is 15.9 Å². The Kier molecular flexibility index (Phi) is 8.63. The molecule has 0 unspecified atom stereocenters. The van der Waals surface area contributed by atoms with Gasteiger partial charge in [-0.15, -0.1) is 0 Å². The molecule has 0 aromatic heterocycles. The fourth-order valence-corrected chi connectivity index (χ4v) is 4.50. The summed E-state index contributed by atoms with van der Waals surface area (Å²) < 4.78 is 66.2. The van der Waals surface area contributed by atoms with Crippen LogP contribution in [0, 0.1) is 11.7 Å². The highest BCUT2D eigenvalue weighted by Crippen LogP contribution is 2.36. The molecule has 216 valence electrons. The van der Waals surface area contributed by atoms with E-state index >= 15 is 0 Å². The SMILES string of the molecule is O=C(Nc1ccc(C(F)(F)F)cc1F)c1cc(OCC2CC2)cc(-c2ccc(Br)cc2)c1C(=O)OCc1ccccc1. The standard InChI is InChI=1S/C32H24BrF4NO4/c33-23-11-8-21(9-12-23)25-15-24(41-17-20-6-7-20)16-26(29(25)31(40)42-18-19-4-2-1-3-5-19)30(39)38-28-13-10-22(14-27(28)34)32(35,36)37/h1-5,8-16,20H,6-7,17-18H2,(H,38,39). The number of ether oxygens (including phenoxy) is 2. The molecule has 0 heterocycles. The molecule has 1 fully saturated rings. The molecule has 0 bridgehead atoms. The first-order valence-electron chi connectivity index (χ1n) is 13.0. The number of carbonyl (C=O) groups excluding carboxylic acids is 2. The molecule has 5 rings (SSSR count). The van der Waals surface area contributed by atoms with Crippen LogP contribution in [0.5, 0.6) is 5.75 Å². The summed E-state index contributed by atoms with van der Waals surface area (Å²) in [7, 11) is 0. The smallest absolute Gasteiger partial charge is 0.416 e. The second-order valence-corrected chi connectivity index (χ2v) is 10.8. The molecule has 1 N–H and O–H groups in total. The Bertz CT molecular complexity index is 1600. The first-order chi connectivity index (χ1) is 20.1. The lowest BCUT2D eigenvalue weighted by Gasteiger charge is -2.18. The molecule has 1 aliphatic rings. The number of hydrogen-bond donors (Lipinski definition) is 1. The fourth-order valence-electron chi connectivity index (χ4n) is 4.23. The number of nitrogens with one attached hydrogen (secondary N) is 1. The number of anilines is 1. The monoisotopic (exact) mass is 641 g/mol. The van der Waals surface area contributed by atoms with Crippen LogP contribution < -0.4 is 10.1 Å². The maximum Gasteiger partial charge on any atom is 0.416 e. The minimum absolute atomic E-state index is 0.0754. The van der Waals surface area contributed by atoms with E-state index in [0.717, 1.165) is 28.9 Å². The predicted molar refractivity (Wildman–Crippen MR) is 153 cm³/mol. The second kappa shape index (κ2) is 12.4. The molecule has 0 radical (unpaired) electrons. The van der Waals surface area contributed by atoms with Gasteiger partial charge in [-0.1, -0.05) is 58.4 Å². The molecule has 0 saturated heterocycles. The van der Waals surface area contributed by atoms with E-state index in [0.29, 0.717) is 41.5 Å². The van der Waals surface area contributed by atoms with Crippen molar-refractivity contribution in [3.05, 3.63) is 117 Å². The van der Waals surface area contributed by atoms with Gasteiger partial charge in [0, 0.05) is 10.0 Å². The highest BCUT2D eigenvalue weighted by atomic mass is 79.9. The van der Waals surface area contributed by atoms with Gasteiger partial charge < -0.3 is 14.8 Å². The molecule has 1 aliphatic carbocycles. The summed E-state index contributed by atoms with van der Waals surface area (Å²) in [6.07, 6.45) is -2.72. The van der Waals surface area contributed by atoms with Crippen molar-refractivity contribution in [3.8, 4) is 16.9 Å². The number of esters is 1. The zero-order chi connectivity index (χ0) is 29.9. The molecular formula is C32H24BrF4NO4. The summed E-state index contributed by atoms with van der Waals surface area (Å²) >= 11 is 3.39. The van der Waals surface area contributed by atoms with Crippen LogP contribution in [0.3, 0.4) is 0 Å². The van der Waals surface area contributed by atoms with Gasteiger partial charge in [-0.25, -0.2) is 9.18 Å². The largest absolute Gasteiger partial charge is 0.493 e. The van der Waals surface area contributed by atoms with Crippen LogP contribution in [-0.4, -0.2) is 18.5 Å². The summed E-state index contributed by atoms with van der Waals surface area (Å²) in [5.74, 6) is -2.33. The van der Waals surface area contributed by atoms with E-state index in [1.807, 2.05) is 6.07 Å². The zero-order valence-corrected chi connectivity index (χ0v) is 23.6. The van der Waals surface area contributed by atoms with Crippen molar-refractivity contribution in [1.29, 1.82) is 0 Å². The number of halogens is 5. The van der Waals surface area contributed by atoms with Crippen molar-refractivity contribution in [2.45, 2.75) is 25.6 Å². The lowest BCUT2D eigenvalue weighted by molar-refractivity contribution is -0.137. The maximum atomic E-state index is 14.7. The Hall–Kier alpha value is -4.18. The van der Waals surface area contributed by atoms with Crippen molar-refractivity contribution < 1.29 is 36.6 Å². The van der Waals surface area contributed by atoms with Crippen molar-refractivity contribution in [1.82, 2.24) is 0 Å². The van der Waals surface area contributed by atoms with E-state index in [-0.39, 0.29) is 17.7 Å². The summed E-state index contributed by atoms with van der Waals surface area (Å²) in [6, 6.07) is 20.8. The fraction of sp³-hybridized carbons (Fsp3) is 0.188. The molecule has 42 heavy (non-hydrogen) atoms. The maximum absolute atomic E-state index is 14.7. The number of carbonyl (C=O) groups is 2. The van der Waals surface area contributed by atoms with Gasteiger partial charge in [0.1, 0.15) is 18.2 Å². The van der Waals surface area contributed by atoms with E-state index in [1.54, 1.807) is 54.6 Å². The second-order valence-electron chi connectivity index (χ2n) is 9.86. The average Bonchev–Trinajstić information content (AvgIpc) is 3.80. The number of rotatable bonds is 9. The van der Waals surface area contributed by atoms with Gasteiger partial charge in [0.25, 0.3) is 5.91 Å². The molecule has 10 heteroatoms. The molecule has 0 spiro atoms. The van der Waals surface area contributed by atoms with Crippen molar-refractivity contribution in [2.24, 2.45) is 5.92 Å². The Morgan fingerprint density at radius 1 is 0.929 bits per heavy atom. The molecule has 1 amide bonds. The minimum atomic E-state index is -4.76. The highest BCUT2D eigenvalue weighted by Gasteiger charge is 2.32. The van der Waals surface area contributed by atoms with Gasteiger partial charge in [-0.3, -0.25) is 4.79 Å². The van der Waals surface area contributed by atoms with Crippen LogP contribution in [0.4, 0.5) is 23.2 Å². The number of alkyl halides is 3. The summed E-state index contributed by atoms with van der Waals surface area (Å²) in [6.45, 7) is 0.333. The Morgan fingerprint density at radius 3 is 2.29 bits per heavy atom. The number of amides is 1. The van der Waals surface area contributed by atoms with E-state index < -0.39 is 35.1 Å². The third kappa shape index (κ3) is 7.17. The zero-order valence-electron chi connectivity index (χ0n) is 22.0. The van der Waals surface area contributed by atoms with Gasteiger partial charge in [-0.05, 0) is 72.4 Å². The normalized spacial score (nSPS) is 13.0. The van der Waals surface area contributed by atoms with E-state index in [2.05, 4.69) is 21.2 Å². The van der Waals surface area contributed by atoms with Crippen LogP contribution in [-0.2, 0) is 17.5 Å². The Balaban J connectivity index is 1.57. The Labute approximate surface area is 247 Å². The van der Waals surface area contributed by atoms with Crippen LogP contribution in [0.2, 0.25) is 0 Å². The van der Waals surface area contributed by atoms with Crippen molar-refractivity contribution in [2.75, 3.05) is 11.9 Å². The summed E-state index contributed by atoms with van der Waals surface area (Å²) in [4.78, 5) is 27.2. The third-order valence-electron chi connectivity index (χ3n) is 6.66. The van der Waals surface area contributed by atoms with E-state index in [1.165, 1.54) is 6.07 Å². The molecule has 0 atom stereocenters. The molecule has 4 aromatic rings. The molecule has 5 nitrogen and oxygen atoms in total. The van der Waals surface area contributed by atoms with E-state index in [4.69, 9.17) is 9.47 Å². The van der Waals surface area contributed by atoms with Gasteiger partial charge in [0.15, 0.2) is 0 Å². The van der Waals surface area contributed by atoms with Gasteiger partial charge in [-0.2, -0.15) is 13.2 Å². The lowest BCUT2D eigenvalue weighted by Crippen LogP contribution is -2.20. The first-order valence-corrected chi connectivity index (χ1v) is 13.8. The first kappa shape index (κ1) is 29.3. The van der Waals surface area contributed by atoms with Crippen molar-refractivity contribution >= 4 is 33.5 Å². The highest BCUT2D eigenvalue weighted by molar-refractivity contribution is 9.10. The lowest BCUT2D eigenvalue weighted by atomic mass is 9.94. The summed E-state index contributed by atoms with van der Waals surface area (Å²) in [5.41, 5.74) is -0.320. The van der Waals surface area contributed by atoms with Gasteiger partial charge in [0.05, 0.1) is 29.0 Å². The number of hydrogen-bond acceptors (Lipinski definition) is 4. The quantitative estimate of drug-likeness (QED) is 0.147. The molecular weight excluding hydrogens is 618 g/mol. The molecule has 1 saturated carbocycles. The molecule has 4 aromatic carbocycles. The van der Waals surface area contributed by atoms with Crippen LogP contribution in [0.1, 0.15) is 44.7 Å². The topological polar surface area (TPSA) is 64.6 Å². The van der Waals surface area contributed by atoms with Crippen LogP contribution in [0.25, 0.3) is 11.1 Å². The van der Waals surface area contributed by atoms with Crippen molar-refractivity contribution in [3.63, 3.8) is 0 Å². The molecule has 0 aliphatic heterocycles. The van der Waals surface area contributed by atoms with Gasteiger partial charge >= 0.3 is 12.1 Å². The van der Waals surface area contributed by atoms with Crippen LogP contribution in [0.15, 0.2) is 89.4 Å². The van der Waals surface area contributed by atoms with E-state index in [9.17, 15) is 27.2 Å². The average molecular weight is 642 g/mol. The van der Waals surface area contributed by atoms with Gasteiger partial charge in [0.2, 0.25) is 0 Å². The summed E-state index contributed by atoms with van der Waals surface area (Å²) in [5, 5.41) is 2.31. The number of benzene rings is 4. The Morgan fingerprint density at radius 2 is 1.64 bits per heavy atom.